The number of aromatic nitrogens is 2. The van der Waals surface area contributed by atoms with Crippen molar-refractivity contribution < 1.29 is 27.1 Å². The lowest BCUT2D eigenvalue weighted by Gasteiger charge is -2.15. The number of nitrogens with zero attached hydrogens (tertiary/aromatic N) is 4. The van der Waals surface area contributed by atoms with Crippen LogP contribution in [0.2, 0.25) is 5.02 Å². The summed E-state index contributed by atoms with van der Waals surface area (Å²) >= 11 is 5.94. The minimum absolute atomic E-state index is 0.0310. The Balaban J connectivity index is 1.74. The van der Waals surface area contributed by atoms with Crippen molar-refractivity contribution >= 4 is 17.5 Å². The first-order valence-electron chi connectivity index (χ1n) is 8.39. The van der Waals surface area contributed by atoms with Gasteiger partial charge in [0.1, 0.15) is 0 Å². The highest BCUT2D eigenvalue weighted by atomic mass is 35.5. The second kappa shape index (κ2) is 8.26. The Kier molecular flexibility index (Phi) is 5.95. The fourth-order valence-corrected chi connectivity index (χ4v) is 3.23. The molecule has 1 amide bonds. The van der Waals surface area contributed by atoms with E-state index in [1.54, 1.807) is 0 Å². The number of nitriles is 1. The molecule has 0 aliphatic carbocycles. The summed E-state index contributed by atoms with van der Waals surface area (Å²) in [6.45, 7) is 0.620. The van der Waals surface area contributed by atoms with Crippen LogP contribution in [0.5, 0.6) is 0 Å². The third-order valence-corrected chi connectivity index (χ3v) is 4.71. The summed E-state index contributed by atoms with van der Waals surface area (Å²) < 4.78 is 49.0. The van der Waals surface area contributed by atoms with Gasteiger partial charge < -0.3 is 19.4 Å². The van der Waals surface area contributed by atoms with E-state index in [0.29, 0.717) is 13.0 Å². The van der Waals surface area contributed by atoms with Gasteiger partial charge >= 0.3 is 18.0 Å². The fourth-order valence-electron chi connectivity index (χ4n) is 3.03. The van der Waals surface area contributed by atoms with E-state index < -0.39 is 23.5 Å². The Morgan fingerprint density at radius 3 is 2.90 bits per heavy atom. The van der Waals surface area contributed by atoms with Crippen LogP contribution in [0, 0.1) is 11.5 Å². The zero-order chi connectivity index (χ0) is 21.2. The highest BCUT2D eigenvalue weighted by Gasteiger charge is 2.34. The second-order valence-corrected chi connectivity index (χ2v) is 6.78. The number of benzene rings is 1. The summed E-state index contributed by atoms with van der Waals surface area (Å²) in [6, 6.07) is 2.14. The molecule has 0 bridgehead atoms. The number of carbonyl (C=O) groups is 1. The summed E-state index contributed by atoms with van der Waals surface area (Å²) in [6.07, 6.45) is -2.06. The van der Waals surface area contributed by atoms with Crippen LogP contribution in [-0.2, 0) is 10.9 Å². The van der Waals surface area contributed by atoms with Crippen LogP contribution < -0.4 is 5.32 Å². The Hall–Kier alpha value is -2.84. The van der Waals surface area contributed by atoms with Gasteiger partial charge in [-0.25, -0.2) is 0 Å². The van der Waals surface area contributed by atoms with E-state index >= 15 is 0 Å². The molecule has 1 fully saturated rings. The summed E-state index contributed by atoms with van der Waals surface area (Å²) in [4.78, 5) is 13.9. The van der Waals surface area contributed by atoms with Gasteiger partial charge in [-0.1, -0.05) is 11.6 Å². The predicted octanol–water partition coefficient (Wildman–Crippen LogP) is 2.71. The van der Waals surface area contributed by atoms with Crippen molar-refractivity contribution in [2.24, 2.45) is 0 Å². The molecule has 154 valence electrons. The number of amides is 1. The van der Waals surface area contributed by atoms with Crippen molar-refractivity contribution in [2.45, 2.75) is 24.7 Å². The third kappa shape index (κ3) is 4.60. The smallest absolute Gasteiger partial charge is 0.412 e. The van der Waals surface area contributed by atoms with Crippen molar-refractivity contribution in [3.05, 3.63) is 34.7 Å². The molecule has 1 aromatic carbocycles. The highest BCUT2D eigenvalue weighted by molar-refractivity contribution is 6.33. The Morgan fingerprint density at radius 2 is 2.24 bits per heavy atom. The molecule has 0 radical (unpaired) electrons. The molecule has 1 saturated heterocycles. The average molecular weight is 430 g/mol. The third-order valence-electron chi connectivity index (χ3n) is 4.38. The van der Waals surface area contributed by atoms with E-state index in [4.69, 9.17) is 26.0 Å². The Bertz CT molecular complexity index is 943. The monoisotopic (exact) mass is 429 g/mol. The van der Waals surface area contributed by atoms with Gasteiger partial charge in [-0.3, -0.25) is 4.79 Å². The normalized spacial score (nSPS) is 19.2. The van der Waals surface area contributed by atoms with E-state index in [0.717, 1.165) is 18.2 Å². The van der Waals surface area contributed by atoms with Crippen molar-refractivity contribution in [3.63, 3.8) is 0 Å². The molecule has 1 aliphatic rings. The zero-order valence-corrected chi connectivity index (χ0v) is 15.8. The van der Waals surface area contributed by atoms with E-state index in [2.05, 4.69) is 15.5 Å². The zero-order valence-electron chi connectivity index (χ0n) is 15.0. The second-order valence-electron chi connectivity index (χ2n) is 6.37. The van der Waals surface area contributed by atoms with E-state index in [9.17, 15) is 18.0 Å². The number of nitrogens with one attached hydrogen (secondary N) is 1. The first-order valence-corrected chi connectivity index (χ1v) is 8.77. The average Bonchev–Trinajstić information content (AvgIpc) is 3.28. The van der Waals surface area contributed by atoms with E-state index in [1.807, 2.05) is 6.19 Å². The number of rotatable bonds is 5. The molecule has 0 unspecified atom stereocenters. The van der Waals surface area contributed by atoms with Crippen LogP contribution in [0.1, 0.15) is 22.7 Å². The van der Waals surface area contributed by atoms with Crippen LogP contribution >= 0.6 is 11.6 Å². The van der Waals surface area contributed by atoms with Crippen LogP contribution in [0.25, 0.3) is 11.5 Å². The van der Waals surface area contributed by atoms with Gasteiger partial charge in [-0.05, 0) is 24.6 Å². The first kappa shape index (κ1) is 20.9. The SMILES string of the molecule is COC[C@@H]1C[C@@H](NC(=O)c2nnc(-c3cc(C(F)(F)F)ccc3Cl)o2)CN1C#N. The van der Waals surface area contributed by atoms with Crippen LogP contribution in [-0.4, -0.2) is 53.3 Å². The Morgan fingerprint density at radius 1 is 1.48 bits per heavy atom. The van der Waals surface area contributed by atoms with Gasteiger partial charge in [0, 0.05) is 19.7 Å². The lowest BCUT2D eigenvalue weighted by molar-refractivity contribution is -0.137. The number of methoxy groups -OCH3 is 1. The van der Waals surface area contributed by atoms with E-state index in [1.165, 1.54) is 12.0 Å². The van der Waals surface area contributed by atoms with Crippen LogP contribution in [0.4, 0.5) is 13.2 Å². The lowest BCUT2D eigenvalue weighted by atomic mass is 10.1. The number of carbonyl (C=O) groups excluding carboxylic acids is 1. The Labute approximate surface area is 168 Å². The number of likely N-dealkylation sites (tertiary alicyclic amines) is 1. The van der Waals surface area contributed by atoms with Crippen molar-refractivity contribution in [2.75, 3.05) is 20.3 Å². The molecule has 2 atom stereocenters. The minimum Gasteiger partial charge on any atom is -0.412 e. The molecule has 3 rings (SSSR count). The number of alkyl halides is 3. The summed E-state index contributed by atoms with van der Waals surface area (Å²) in [5, 5.41) is 19.0. The number of ether oxygens (including phenoxy) is 1. The maximum Gasteiger partial charge on any atom is 0.416 e. The molecule has 12 heteroatoms. The predicted molar refractivity (Wildman–Crippen MR) is 93.6 cm³/mol. The number of hydrogen-bond acceptors (Lipinski definition) is 7. The minimum atomic E-state index is -4.58. The fraction of sp³-hybridized carbons (Fsp3) is 0.412. The topological polar surface area (TPSA) is 104 Å². The molecule has 2 aromatic rings. The van der Waals surface area contributed by atoms with Gasteiger partial charge in [-0.2, -0.15) is 18.4 Å². The quantitative estimate of drug-likeness (QED) is 0.728. The molecule has 8 nitrogen and oxygen atoms in total. The molecular formula is C17H15ClF3N5O3. The van der Waals surface area contributed by atoms with Gasteiger partial charge in [0.05, 0.1) is 28.8 Å². The van der Waals surface area contributed by atoms with Gasteiger partial charge in [0.2, 0.25) is 5.89 Å². The van der Waals surface area contributed by atoms with Crippen molar-refractivity contribution in [3.8, 4) is 17.6 Å². The molecule has 2 heterocycles. The van der Waals surface area contributed by atoms with E-state index in [-0.39, 0.29) is 35.1 Å². The van der Waals surface area contributed by atoms with Gasteiger partial charge in [-0.15, -0.1) is 10.2 Å². The molecule has 1 aromatic heterocycles. The number of halogens is 4. The maximum absolute atomic E-state index is 12.9. The molecular weight excluding hydrogens is 415 g/mol. The maximum atomic E-state index is 12.9. The molecule has 0 spiro atoms. The standard InChI is InChI=1S/C17H15ClF3N5O3/c1-28-7-11-5-10(6-26(11)8-22)23-14(27)16-25-24-15(29-16)12-4-9(17(19,20)21)2-3-13(12)18/h2-4,10-11H,5-7H2,1H3,(H,23,27)/t10-,11+/m1/s1. The van der Waals surface area contributed by atoms with Crippen molar-refractivity contribution in [1.29, 1.82) is 5.26 Å². The van der Waals surface area contributed by atoms with Crippen molar-refractivity contribution in [1.82, 2.24) is 20.4 Å². The highest BCUT2D eigenvalue weighted by Crippen LogP contribution is 2.35. The molecule has 1 aliphatic heterocycles. The number of hydrogen-bond donors (Lipinski definition) is 1. The summed E-state index contributed by atoms with van der Waals surface area (Å²) in [7, 11) is 1.51. The molecule has 0 saturated carbocycles. The lowest BCUT2D eigenvalue weighted by Crippen LogP contribution is -2.36. The molecule has 29 heavy (non-hydrogen) atoms. The molecule has 1 N–H and O–H groups in total. The summed E-state index contributed by atoms with van der Waals surface area (Å²) in [5.74, 6) is -1.44. The van der Waals surface area contributed by atoms with Gasteiger partial charge in [0.25, 0.3) is 0 Å². The van der Waals surface area contributed by atoms with Crippen LogP contribution in [0.3, 0.4) is 0 Å². The van der Waals surface area contributed by atoms with Crippen LogP contribution in [0.15, 0.2) is 22.6 Å². The van der Waals surface area contributed by atoms with Gasteiger partial charge in [0.15, 0.2) is 6.19 Å². The first-order chi connectivity index (χ1) is 13.7. The summed E-state index contributed by atoms with van der Waals surface area (Å²) in [5.41, 5.74) is -1.07. The largest absolute Gasteiger partial charge is 0.416 e.